The molecule has 6 heterocycles. The smallest absolute Gasteiger partial charge is 0.319 e. The number of carbonyl (C=O) groups is 2. The first-order valence-corrected chi connectivity index (χ1v) is 15.1. The summed E-state index contributed by atoms with van der Waals surface area (Å²) in [6.07, 6.45) is 2.33. The number of carbonyl (C=O) groups excluding carboxylic acids is 2. The molecule has 4 aliphatic rings. The minimum atomic E-state index is -0.977. The van der Waals surface area contributed by atoms with Gasteiger partial charge < -0.3 is 14.7 Å². The van der Waals surface area contributed by atoms with Crippen LogP contribution >= 0.6 is 11.6 Å². The van der Waals surface area contributed by atoms with Crippen LogP contribution in [0.25, 0.3) is 32.9 Å². The van der Waals surface area contributed by atoms with Crippen LogP contribution in [0, 0.1) is 23.5 Å². The van der Waals surface area contributed by atoms with Crippen LogP contribution in [0.1, 0.15) is 19.3 Å². The van der Waals surface area contributed by atoms with Gasteiger partial charge in [0.1, 0.15) is 41.4 Å². The maximum atomic E-state index is 16.6. The third-order valence-corrected chi connectivity index (χ3v) is 10.0. The second-order valence-corrected chi connectivity index (χ2v) is 12.7. The van der Waals surface area contributed by atoms with E-state index >= 15 is 4.39 Å². The Labute approximate surface area is 259 Å². The van der Waals surface area contributed by atoms with Crippen LogP contribution in [-0.2, 0) is 9.59 Å². The number of imide groups is 1. The summed E-state index contributed by atoms with van der Waals surface area (Å²) < 4.78 is 51.7. The van der Waals surface area contributed by atoms with Crippen molar-refractivity contribution in [3.05, 3.63) is 47.1 Å². The molecule has 2 N–H and O–H groups in total. The van der Waals surface area contributed by atoms with Crippen molar-refractivity contribution in [3.63, 3.8) is 0 Å². The Hall–Kier alpha value is -4.23. The third kappa shape index (κ3) is 4.38. The minimum Gasteiger partial charge on any atom is -0.508 e. The molecule has 232 valence electrons. The van der Waals surface area contributed by atoms with Crippen molar-refractivity contribution in [1.29, 1.82) is 0 Å². The Bertz CT molecular complexity index is 1930. The minimum absolute atomic E-state index is 0.0509. The fraction of sp³-hybridized carbons (Fsp3) is 0.387. The predicted molar refractivity (Wildman–Crippen MR) is 158 cm³/mol. The van der Waals surface area contributed by atoms with Gasteiger partial charge in [0, 0.05) is 43.2 Å². The van der Waals surface area contributed by atoms with Gasteiger partial charge in [-0.3, -0.25) is 24.8 Å². The van der Waals surface area contributed by atoms with Gasteiger partial charge in [0.15, 0.2) is 5.82 Å². The van der Waals surface area contributed by atoms with Crippen molar-refractivity contribution in [3.8, 4) is 23.0 Å². The van der Waals surface area contributed by atoms with Crippen LogP contribution < -0.4 is 15.0 Å². The summed E-state index contributed by atoms with van der Waals surface area (Å²) in [6, 6.07) is 5.04. The lowest BCUT2D eigenvalue weighted by molar-refractivity contribution is -0.126. The molecule has 2 unspecified atom stereocenters. The first-order valence-electron chi connectivity index (χ1n) is 14.7. The monoisotopic (exact) mass is 638 g/mol. The zero-order valence-electron chi connectivity index (χ0n) is 23.7. The highest BCUT2D eigenvalue weighted by atomic mass is 35.5. The SMILES string of the molecule is O=C1NC(=O)C2CN(c3nc(OC[C@@]45CCCN4C[C@H](F)C5)nc4c(F)c(-c5cc(O)cc6ccc(F)c(Cl)c56)ncc34)CC12. The number of benzene rings is 2. The molecule has 4 fully saturated rings. The van der Waals surface area contributed by atoms with Crippen molar-refractivity contribution in [1.82, 2.24) is 25.2 Å². The number of aromatic nitrogens is 3. The number of rotatable bonds is 5. The van der Waals surface area contributed by atoms with E-state index in [9.17, 15) is 23.5 Å². The highest BCUT2D eigenvalue weighted by Gasteiger charge is 2.50. The highest BCUT2D eigenvalue weighted by molar-refractivity contribution is 6.37. The van der Waals surface area contributed by atoms with Gasteiger partial charge >= 0.3 is 6.01 Å². The molecule has 4 aromatic rings. The van der Waals surface area contributed by atoms with Gasteiger partial charge in [0.25, 0.3) is 0 Å². The van der Waals surface area contributed by atoms with E-state index in [-0.39, 0.29) is 81.7 Å². The summed E-state index contributed by atoms with van der Waals surface area (Å²) in [7, 11) is 0. The van der Waals surface area contributed by atoms with Crippen molar-refractivity contribution in [2.45, 2.75) is 31.0 Å². The Morgan fingerprint density at radius 1 is 1.11 bits per heavy atom. The van der Waals surface area contributed by atoms with Crippen LogP contribution in [0.4, 0.5) is 19.0 Å². The third-order valence-electron chi connectivity index (χ3n) is 9.66. The van der Waals surface area contributed by atoms with Gasteiger partial charge in [0.05, 0.1) is 27.8 Å². The standard InChI is InChI=1S/C31H26ClF3N6O4/c32-23-21(34)3-2-14-6-16(42)7-17(22(14)23)25-24(35)26-18(9-36-25)27(40-11-19-20(12-40)29(44)39-28(19)43)38-30(37-26)45-13-31-4-1-5-41(31)10-15(33)8-31/h2-3,6-7,9,15,19-20,42H,1,4-5,8,10-13H2,(H,39,43,44)/t15-,19?,20?,31+/m1/s1. The number of fused-ring (bicyclic) bond motifs is 4. The molecule has 8 rings (SSSR count). The van der Waals surface area contributed by atoms with Crippen molar-refractivity contribution in [2.24, 2.45) is 11.8 Å². The highest BCUT2D eigenvalue weighted by Crippen LogP contribution is 2.43. The maximum absolute atomic E-state index is 16.6. The van der Waals surface area contributed by atoms with Gasteiger partial charge in [-0.1, -0.05) is 17.7 Å². The topological polar surface area (TPSA) is 121 Å². The molecule has 10 nitrogen and oxygen atoms in total. The summed E-state index contributed by atoms with van der Waals surface area (Å²) in [5, 5.41) is 13.2. The second-order valence-electron chi connectivity index (χ2n) is 12.3. The van der Waals surface area contributed by atoms with Crippen LogP contribution in [0.5, 0.6) is 11.8 Å². The zero-order chi connectivity index (χ0) is 31.2. The number of nitrogens with zero attached hydrogens (tertiary/aromatic N) is 5. The van der Waals surface area contributed by atoms with Gasteiger partial charge in [-0.05, 0) is 43.0 Å². The largest absolute Gasteiger partial charge is 0.508 e. The summed E-state index contributed by atoms with van der Waals surface area (Å²) in [5.41, 5.74) is -0.880. The number of aromatic hydroxyl groups is 1. The lowest BCUT2D eigenvalue weighted by Gasteiger charge is -2.31. The summed E-state index contributed by atoms with van der Waals surface area (Å²) in [6.45, 7) is 1.49. The first-order chi connectivity index (χ1) is 21.6. The van der Waals surface area contributed by atoms with Crippen LogP contribution in [0.15, 0.2) is 30.5 Å². The van der Waals surface area contributed by atoms with E-state index < -0.39 is 35.2 Å². The van der Waals surface area contributed by atoms with E-state index in [0.29, 0.717) is 18.4 Å². The number of amides is 2. The second kappa shape index (κ2) is 10.1. The fourth-order valence-corrected chi connectivity index (χ4v) is 7.82. The number of phenolic OH excluding ortho intramolecular Hbond substituents is 1. The van der Waals surface area contributed by atoms with Crippen LogP contribution in [-0.4, -0.2) is 81.3 Å². The molecule has 0 saturated carbocycles. The number of nitrogens with one attached hydrogen (secondary N) is 1. The first kappa shape index (κ1) is 28.3. The molecule has 0 bridgehead atoms. The van der Waals surface area contributed by atoms with Gasteiger partial charge in [-0.25, -0.2) is 13.2 Å². The van der Waals surface area contributed by atoms with Gasteiger partial charge in [-0.15, -0.1) is 0 Å². The molecule has 4 aliphatic heterocycles. The van der Waals surface area contributed by atoms with E-state index in [4.69, 9.17) is 16.3 Å². The normalized spacial score (nSPS) is 26.2. The molecule has 4 saturated heterocycles. The summed E-state index contributed by atoms with van der Waals surface area (Å²) in [5.74, 6) is -3.54. The molecule has 14 heteroatoms. The van der Waals surface area contributed by atoms with Crippen molar-refractivity contribution >= 4 is 50.9 Å². The maximum Gasteiger partial charge on any atom is 0.319 e. The molecule has 0 radical (unpaired) electrons. The van der Waals surface area contributed by atoms with E-state index in [1.165, 1.54) is 24.4 Å². The van der Waals surface area contributed by atoms with E-state index in [0.717, 1.165) is 25.5 Å². The quantitative estimate of drug-likeness (QED) is 0.311. The lowest BCUT2D eigenvalue weighted by atomic mass is 9.95. The van der Waals surface area contributed by atoms with E-state index in [1.807, 2.05) is 0 Å². The van der Waals surface area contributed by atoms with Crippen molar-refractivity contribution < 1.29 is 32.6 Å². The molecular weight excluding hydrogens is 613 g/mol. The molecule has 4 atom stereocenters. The molecule has 2 aromatic carbocycles. The molecule has 45 heavy (non-hydrogen) atoms. The number of ether oxygens (including phenoxy) is 1. The number of alkyl halides is 1. The molecule has 0 spiro atoms. The Morgan fingerprint density at radius 3 is 2.67 bits per heavy atom. The predicted octanol–water partition coefficient (Wildman–Crippen LogP) is 4.15. The number of halogens is 4. The number of pyridine rings is 1. The van der Waals surface area contributed by atoms with Crippen LogP contribution in [0.3, 0.4) is 0 Å². The molecular formula is C31H26ClF3N6O4. The Morgan fingerprint density at radius 2 is 1.89 bits per heavy atom. The number of hydrogen-bond donors (Lipinski definition) is 2. The van der Waals surface area contributed by atoms with Crippen LogP contribution in [0.2, 0.25) is 5.02 Å². The Balaban J connectivity index is 1.27. The summed E-state index contributed by atoms with van der Waals surface area (Å²) >= 11 is 6.32. The fourth-order valence-electron chi connectivity index (χ4n) is 7.54. The van der Waals surface area contributed by atoms with E-state index in [2.05, 4.69) is 25.2 Å². The number of phenols is 1. The van der Waals surface area contributed by atoms with Crippen molar-refractivity contribution in [2.75, 3.05) is 37.7 Å². The summed E-state index contributed by atoms with van der Waals surface area (Å²) in [4.78, 5) is 42.0. The van der Waals surface area contributed by atoms with Gasteiger partial charge in [0.2, 0.25) is 11.8 Å². The van der Waals surface area contributed by atoms with Gasteiger partial charge in [-0.2, -0.15) is 9.97 Å². The molecule has 2 amide bonds. The lowest BCUT2D eigenvalue weighted by Crippen LogP contribution is -2.43. The number of anilines is 1. The molecule has 2 aromatic heterocycles. The average Bonchev–Trinajstić information content (AvgIpc) is 3.75. The average molecular weight is 639 g/mol. The van der Waals surface area contributed by atoms with E-state index in [1.54, 1.807) is 4.90 Å². The number of hydrogen-bond acceptors (Lipinski definition) is 9. The Kier molecular flexibility index (Phi) is 6.37. The molecule has 0 aliphatic carbocycles. The zero-order valence-corrected chi connectivity index (χ0v) is 24.5.